The maximum absolute atomic E-state index is 11.8. The second kappa shape index (κ2) is 6.38. The number of hydrazine groups is 1. The van der Waals surface area contributed by atoms with Gasteiger partial charge in [0.15, 0.2) is 0 Å². The minimum atomic E-state index is -0.181. The van der Waals surface area contributed by atoms with Crippen LogP contribution >= 0.6 is 11.6 Å². The molecule has 1 saturated heterocycles. The Labute approximate surface area is 129 Å². The van der Waals surface area contributed by atoms with Crippen molar-refractivity contribution in [2.24, 2.45) is 11.6 Å². The number of amides is 2. The summed E-state index contributed by atoms with van der Waals surface area (Å²) in [7, 11) is 1.54. The Morgan fingerprint density at radius 2 is 1.95 bits per heavy atom. The van der Waals surface area contributed by atoms with Crippen LogP contribution < -0.4 is 22.2 Å². The van der Waals surface area contributed by atoms with Gasteiger partial charge in [-0.05, 0) is 12.1 Å². The van der Waals surface area contributed by atoms with Crippen LogP contribution in [0.1, 0.15) is 5.56 Å². The zero-order chi connectivity index (χ0) is 15.6. The molecule has 1 fully saturated rings. The van der Waals surface area contributed by atoms with E-state index in [1.165, 1.54) is 0 Å². The van der Waals surface area contributed by atoms with Crippen molar-refractivity contribution in [3.63, 3.8) is 0 Å². The highest BCUT2D eigenvalue weighted by Crippen LogP contribution is 2.30. The Morgan fingerprint density at radius 3 is 2.48 bits per heavy atom. The van der Waals surface area contributed by atoms with Crippen LogP contribution in [0.5, 0.6) is 0 Å². The van der Waals surface area contributed by atoms with E-state index >= 15 is 0 Å². The SMILES string of the molecule is CN(N)C(=O)N1CCN(c2cc(Cl)cc(N)c2CN)CC1. The summed E-state index contributed by atoms with van der Waals surface area (Å²) < 4.78 is 0. The molecule has 0 spiro atoms. The van der Waals surface area contributed by atoms with Crippen LogP contribution in [0.25, 0.3) is 0 Å². The Bertz CT molecular complexity index is 528. The molecule has 116 valence electrons. The van der Waals surface area contributed by atoms with E-state index in [1.807, 2.05) is 6.07 Å². The summed E-state index contributed by atoms with van der Waals surface area (Å²) in [6.07, 6.45) is 0. The maximum atomic E-state index is 11.8. The van der Waals surface area contributed by atoms with Gasteiger partial charge in [-0.1, -0.05) is 11.6 Å². The molecule has 0 radical (unpaired) electrons. The number of anilines is 2. The topological polar surface area (TPSA) is 105 Å². The van der Waals surface area contributed by atoms with E-state index in [4.69, 9.17) is 28.9 Å². The van der Waals surface area contributed by atoms with Gasteiger partial charge >= 0.3 is 6.03 Å². The molecule has 8 heteroatoms. The van der Waals surface area contributed by atoms with Gasteiger partial charge in [0.25, 0.3) is 0 Å². The molecule has 0 unspecified atom stereocenters. The highest BCUT2D eigenvalue weighted by Gasteiger charge is 2.24. The molecule has 6 N–H and O–H groups in total. The Morgan fingerprint density at radius 1 is 1.33 bits per heavy atom. The van der Waals surface area contributed by atoms with Crippen molar-refractivity contribution in [3.05, 3.63) is 22.7 Å². The first-order valence-corrected chi connectivity index (χ1v) is 7.12. The van der Waals surface area contributed by atoms with Gasteiger partial charge < -0.3 is 21.3 Å². The lowest BCUT2D eigenvalue weighted by Gasteiger charge is -2.38. The number of carbonyl (C=O) groups is 1. The van der Waals surface area contributed by atoms with E-state index in [0.717, 1.165) is 16.3 Å². The number of benzene rings is 1. The summed E-state index contributed by atoms with van der Waals surface area (Å²) in [5.41, 5.74) is 14.2. The molecular formula is C13H21ClN6O. The maximum Gasteiger partial charge on any atom is 0.333 e. The molecule has 0 aliphatic carbocycles. The molecular weight excluding hydrogens is 292 g/mol. The van der Waals surface area contributed by atoms with Gasteiger partial charge in [-0.25, -0.2) is 10.6 Å². The van der Waals surface area contributed by atoms with Gasteiger partial charge in [0.1, 0.15) is 0 Å². The number of carbonyl (C=O) groups excluding carboxylic acids is 1. The summed E-state index contributed by atoms with van der Waals surface area (Å²) >= 11 is 6.08. The van der Waals surface area contributed by atoms with E-state index in [9.17, 15) is 4.79 Å². The zero-order valence-corrected chi connectivity index (χ0v) is 12.8. The summed E-state index contributed by atoms with van der Waals surface area (Å²) in [5.74, 6) is 5.48. The highest BCUT2D eigenvalue weighted by atomic mass is 35.5. The normalized spacial score (nSPS) is 15.2. The van der Waals surface area contributed by atoms with Gasteiger partial charge in [-0.3, -0.25) is 5.01 Å². The minimum Gasteiger partial charge on any atom is -0.398 e. The lowest BCUT2D eigenvalue weighted by molar-refractivity contribution is 0.160. The van der Waals surface area contributed by atoms with Crippen molar-refractivity contribution < 1.29 is 4.79 Å². The number of nitrogens with zero attached hydrogens (tertiary/aromatic N) is 3. The van der Waals surface area contributed by atoms with Crippen LogP contribution in [0.3, 0.4) is 0 Å². The number of nitrogen functional groups attached to an aromatic ring is 1. The molecule has 0 saturated carbocycles. The fraction of sp³-hybridized carbons (Fsp3) is 0.462. The van der Waals surface area contributed by atoms with Gasteiger partial charge in [0.2, 0.25) is 0 Å². The average Bonchev–Trinajstić information content (AvgIpc) is 2.46. The van der Waals surface area contributed by atoms with Crippen LogP contribution in [-0.4, -0.2) is 49.2 Å². The first-order valence-electron chi connectivity index (χ1n) is 6.74. The van der Waals surface area contributed by atoms with Crippen LogP contribution in [0.15, 0.2) is 12.1 Å². The molecule has 7 nitrogen and oxygen atoms in total. The third kappa shape index (κ3) is 3.31. The predicted octanol–water partition coefficient (Wildman–Crippen LogP) is 0.428. The fourth-order valence-electron chi connectivity index (χ4n) is 2.51. The highest BCUT2D eigenvalue weighted by molar-refractivity contribution is 6.31. The minimum absolute atomic E-state index is 0.181. The fourth-order valence-corrected chi connectivity index (χ4v) is 2.73. The Balaban J connectivity index is 2.14. The molecule has 1 heterocycles. The van der Waals surface area contributed by atoms with Crippen molar-refractivity contribution in [2.75, 3.05) is 43.9 Å². The average molecular weight is 313 g/mol. The molecule has 1 aliphatic heterocycles. The number of hydrogen-bond acceptors (Lipinski definition) is 5. The van der Waals surface area contributed by atoms with Crippen LogP contribution in [0.4, 0.5) is 16.2 Å². The summed E-state index contributed by atoms with van der Waals surface area (Å²) in [4.78, 5) is 15.7. The molecule has 21 heavy (non-hydrogen) atoms. The number of rotatable bonds is 2. The van der Waals surface area contributed by atoms with Gasteiger partial charge in [-0.2, -0.15) is 0 Å². The lowest BCUT2D eigenvalue weighted by atomic mass is 10.1. The molecule has 1 aromatic carbocycles. The van der Waals surface area contributed by atoms with E-state index < -0.39 is 0 Å². The number of halogens is 1. The molecule has 0 aromatic heterocycles. The molecule has 1 aromatic rings. The van der Waals surface area contributed by atoms with Crippen LogP contribution in [-0.2, 0) is 6.54 Å². The van der Waals surface area contributed by atoms with Crippen molar-refractivity contribution in [3.8, 4) is 0 Å². The quantitative estimate of drug-likeness (QED) is 0.318. The van der Waals surface area contributed by atoms with Crippen LogP contribution in [0, 0.1) is 0 Å². The van der Waals surface area contributed by atoms with E-state index in [1.54, 1.807) is 18.0 Å². The number of piperazine rings is 1. The summed E-state index contributed by atoms with van der Waals surface area (Å²) in [6.45, 7) is 2.91. The van der Waals surface area contributed by atoms with Crippen molar-refractivity contribution in [2.45, 2.75) is 6.54 Å². The van der Waals surface area contributed by atoms with Crippen molar-refractivity contribution >= 4 is 29.0 Å². The number of nitrogens with two attached hydrogens (primary N) is 3. The Hall–Kier alpha value is -1.70. The second-order valence-electron chi connectivity index (χ2n) is 5.06. The number of hydrogen-bond donors (Lipinski definition) is 3. The lowest BCUT2D eigenvalue weighted by Crippen LogP contribution is -2.53. The third-order valence-electron chi connectivity index (χ3n) is 3.62. The van der Waals surface area contributed by atoms with Gasteiger partial charge in [0.05, 0.1) is 0 Å². The smallest absolute Gasteiger partial charge is 0.333 e. The van der Waals surface area contributed by atoms with Crippen molar-refractivity contribution in [1.29, 1.82) is 0 Å². The van der Waals surface area contributed by atoms with Gasteiger partial charge in [0, 0.05) is 61.7 Å². The first kappa shape index (κ1) is 15.7. The zero-order valence-electron chi connectivity index (χ0n) is 12.1. The second-order valence-corrected chi connectivity index (χ2v) is 5.50. The third-order valence-corrected chi connectivity index (χ3v) is 3.84. The van der Waals surface area contributed by atoms with E-state index in [2.05, 4.69) is 4.90 Å². The monoisotopic (exact) mass is 312 g/mol. The molecule has 2 rings (SSSR count). The van der Waals surface area contributed by atoms with E-state index in [-0.39, 0.29) is 6.03 Å². The first-order chi connectivity index (χ1) is 9.93. The van der Waals surface area contributed by atoms with E-state index in [0.29, 0.717) is 43.4 Å². The molecule has 0 atom stereocenters. The van der Waals surface area contributed by atoms with Gasteiger partial charge in [-0.15, -0.1) is 0 Å². The largest absolute Gasteiger partial charge is 0.398 e. The molecule has 0 bridgehead atoms. The van der Waals surface area contributed by atoms with Crippen LogP contribution in [0.2, 0.25) is 5.02 Å². The Kier molecular flexibility index (Phi) is 4.76. The van der Waals surface area contributed by atoms with Crippen molar-refractivity contribution in [1.82, 2.24) is 9.91 Å². The standard InChI is InChI=1S/C13H21ClN6O/c1-18(17)13(21)20-4-2-19(3-5-20)12-7-9(14)6-11(16)10(12)8-15/h6-7H,2-5,8,15-17H2,1H3. The summed E-state index contributed by atoms with van der Waals surface area (Å²) in [6, 6.07) is 3.39. The summed E-state index contributed by atoms with van der Waals surface area (Å²) in [5, 5.41) is 1.68. The molecule has 1 aliphatic rings. The predicted molar refractivity (Wildman–Crippen MR) is 84.9 cm³/mol. The molecule has 2 amide bonds. The number of urea groups is 1.